The second-order valence-electron chi connectivity index (χ2n) is 7.95. The fourth-order valence-electron chi connectivity index (χ4n) is 3.93. The Kier molecular flexibility index (Phi) is 5.47. The average molecular weight is 389 g/mol. The number of carbonyl (C=O) groups excluding carboxylic acids is 1. The molecule has 1 fully saturated rings. The number of amides is 1. The first-order chi connectivity index (χ1) is 14.0. The summed E-state index contributed by atoms with van der Waals surface area (Å²) in [5.41, 5.74) is 6.37. The molecule has 0 radical (unpaired) electrons. The van der Waals surface area contributed by atoms with E-state index in [9.17, 15) is 4.79 Å². The van der Waals surface area contributed by atoms with Crippen LogP contribution in [0.25, 0.3) is 11.0 Å². The molecule has 4 rings (SSSR count). The van der Waals surface area contributed by atoms with Crippen LogP contribution in [0.3, 0.4) is 0 Å². The lowest BCUT2D eigenvalue weighted by molar-refractivity contribution is 0.0762. The Morgan fingerprint density at radius 3 is 2.52 bits per heavy atom. The topological polar surface area (TPSA) is 58.1 Å². The smallest absolute Gasteiger partial charge is 0.257 e. The summed E-state index contributed by atoms with van der Waals surface area (Å²) in [7, 11) is 0. The number of anilines is 2. The number of aryl methyl sites for hydroxylation is 2. The molecule has 150 valence electrons. The summed E-state index contributed by atoms with van der Waals surface area (Å²) in [5, 5.41) is 4.42. The van der Waals surface area contributed by atoms with Crippen molar-refractivity contribution in [1.29, 1.82) is 0 Å². The Morgan fingerprint density at radius 1 is 1.00 bits per heavy atom. The summed E-state index contributed by atoms with van der Waals surface area (Å²) in [4.78, 5) is 24.5. The van der Waals surface area contributed by atoms with Gasteiger partial charge in [-0.1, -0.05) is 25.0 Å². The summed E-state index contributed by atoms with van der Waals surface area (Å²) < 4.78 is 0. The lowest BCUT2D eigenvalue weighted by Gasteiger charge is -2.23. The Bertz CT molecular complexity index is 1050. The van der Waals surface area contributed by atoms with Crippen molar-refractivity contribution >= 4 is 28.3 Å². The summed E-state index contributed by atoms with van der Waals surface area (Å²) in [6, 6.07) is 10.2. The van der Waals surface area contributed by atoms with Crippen molar-refractivity contribution in [3.63, 3.8) is 0 Å². The van der Waals surface area contributed by atoms with Gasteiger partial charge in [-0.15, -0.1) is 0 Å². The maximum Gasteiger partial charge on any atom is 0.257 e. The van der Waals surface area contributed by atoms with Crippen molar-refractivity contribution in [2.24, 2.45) is 0 Å². The molecular weight excluding hydrogens is 360 g/mol. The number of hydrogen-bond donors (Lipinski definition) is 1. The van der Waals surface area contributed by atoms with Gasteiger partial charge in [0.1, 0.15) is 0 Å². The SMILES string of the molecule is Cc1ccc2c(Nc3cccc(C)c3C)c(C(=O)N3CCCCCC3)cnc2n1. The van der Waals surface area contributed by atoms with Crippen molar-refractivity contribution < 1.29 is 4.79 Å². The molecule has 0 atom stereocenters. The average Bonchev–Trinajstić information content (AvgIpc) is 3.00. The third kappa shape index (κ3) is 3.95. The van der Waals surface area contributed by atoms with E-state index in [1.165, 1.54) is 24.0 Å². The molecule has 0 aliphatic carbocycles. The molecular formula is C24H28N4O. The van der Waals surface area contributed by atoms with Crippen LogP contribution in [0.4, 0.5) is 11.4 Å². The van der Waals surface area contributed by atoms with E-state index in [0.29, 0.717) is 11.2 Å². The summed E-state index contributed by atoms with van der Waals surface area (Å²) >= 11 is 0. The molecule has 0 saturated carbocycles. The number of pyridine rings is 2. The van der Waals surface area contributed by atoms with Gasteiger partial charge in [-0.25, -0.2) is 9.97 Å². The normalized spacial score (nSPS) is 14.7. The van der Waals surface area contributed by atoms with E-state index < -0.39 is 0 Å². The lowest BCUT2D eigenvalue weighted by Crippen LogP contribution is -2.32. The Hall–Kier alpha value is -2.95. The van der Waals surface area contributed by atoms with Gasteiger partial charge in [-0.2, -0.15) is 0 Å². The third-order valence-electron chi connectivity index (χ3n) is 5.86. The van der Waals surface area contributed by atoms with E-state index in [0.717, 1.165) is 48.4 Å². The van der Waals surface area contributed by atoms with Crippen LogP contribution in [0.1, 0.15) is 52.9 Å². The van der Waals surface area contributed by atoms with E-state index in [1.54, 1.807) is 6.20 Å². The van der Waals surface area contributed by atoms with E-state index >= 15 is 0 Å². The van der Waals surface area contributed by atoms with Gasteiger partial charge in [0, 0.05) is 36.1 Å². The minimum atomic E-state index is 0.0506. The van der Waals surface area contributed by atoms with Crippen molar-refractivity contribution in [3.8, 4) is 0 Å². The van der Waals surface area contributed by atoms with Gasteiger partial charge in [-0.3, -0.25) is 4.79 Å². The zero-order valence-corrected chi connectivity index (χ0v) is 17.5. The fourth-order valence-corrected chi connectivity index (χ4v) is 3.93. The molecule has 5 heteroatoms. The second-order valence-corrected chi connectivity index (χ2v) is 7.95. The fraction of sp³-hybridized carbons (Fsp3) is 0.375. The van der Waals surface area contributed by atoms with Crippen LogP contribution >= 0.6 is 0 Å². The number of benzene rings is 1. The predicted octanol–water partition coefficient (Wildman–Crippen LogP) is 5.31. The van der Waals surface area contributed by atoms with E-state index in [2.05, 4.69) is 41.3 Å². The van der Waals surface area contributed by atoms with Crippen molar-refractivity contribution in [1.82, 2.24) is 14.9 Å². The highest BCUT2D eigenvalue weighted by molar-refractivity contribution is 6.07. The number of nitrogens with one attached hydrogen (secondary N) is 1. The molecule has 3 heterocycles. The number of aromatic nitrogens is 2. The molecule has 1 saturated heterocycles. The predicted molar refractivity (Wildman–Crippen MR) is 118 cm³/mol. The maximum atomic E-state index is 13.5. The van der Waals surface area contributed by atoms with Crippen LogP contribution in [-0.2, 0) is 0 Å². The zero-order valence-electron chi connectivity index (χ0n) is 17.5. The highest BCUT2D eigenvalue weighted by Gasteiger charge is 2.23. The van der Waals surface area contributed by atoms with Crippen LogP contribution in [0.2, 0.25) is 0 Å². The van der Waals surface area contributed by atoms with Crippen LogP contribution < -0.4 is 5.32 Å². The van der Waals surface area contributed by atoms with Gasteiger partial charge in [0.2, 0.25) is 0 Å². The number of rotatable bonds is 3. The molecule has 3 aromatic rings. The summed E-state index contributed by atoms with van der Waals surface area (Å²) in [6.07, 6.45) is 6.20. The minimum Gasteiger partial charge on any atom is -0.354 e. The zero-order chi connectivity index (χ0) is 20.4. The summed E-state index contributed by atoms with van der Waals surface area (Å²) in [6.45, 7) is 7.77. The lowest BCUT2D eigenvalue weighted by atomic mass is 10.1. The number of likely N-dealkylation sites (tertiary alicyclic amines) is 1. The first-order valence-corrected chi connectivity index (χ1v) is 10.4. The van der Waals surface area contributed by atoms with Crippen molar-refractivity contribution in [3.05, 3.63) is 58.9 Å². The minimum absolute atomic E-state index is 0.0506. The first-order valence-electron chi connectivity index (χ1n) is 10.4. The van der Waals surface area contributed by atoms with E-state index in [1.807, 2.05) is 30.0 Å². The molecule has 1 aliphatic rings. The number of nitrogens with zero attached hydrogens (tertiary/aromatic N) is 3. The Morgan fingerprint density at radius 2 is 1.76 bits per heavy atom. The molecule has 5 nitrogen and oxygen atoms in total. The number of fused-ring (bicyclic) bond motifs is 1. The molecule has 2 aromatic heterocycles. The molecule has 1 aromatic carbocycles. The monoisotopic (exact) mass is 388 g/mol. The molecule has 1 amide bonds. The Balaban J connectivity index is 1.83. The molecule has 1 N–H and O–H groups in total. The van der Waals surface area contributed by atoms with Gasteiger partial charge in [0.25, 0.3) is 5.91 Å². The number of hydrogen-bond acceptors (Lipinski definition) is 4. The highest BCUT2D eigenvalue weighted by Crippen LogP contribution is 2.32. The molecule has 0 spiro atoms. The van der Waals surface area contributed by atoms with Crippen LogP contribution in [0.15, 0.2) is 36.5 Å². The van der Waals surface area contributed by atoms with Gasteiger partial charge in [-0.05, 0) is 62.9 Å². The molecule has 0 bridgehead atoms. The largest absolute Gasteiger partial charge is 0.354 e. The molecule has 0 unspecified atom stereocenters. The van der Waals surface area contributed by atoms with Crippen molar-refractivity contribution in [2.75, 3.05) is 18.4 Å². The summed E-state index contributed by atoms with van der Waals surface area (Å²) in [5.74, 6) is 0.0506. The standard InChI is InChI=1S/C24H28N4O/c1-16-9-8-10-21(18(16)3)27-22-19-12-11-17(2)26-23(19)25-15-20(22)24(29)28-13-6-4-5-7-14-28/h8-12,15H,4-7,13-14H2,1-3H3,(H,25,26,27). The first kappa shape index (κ1) is 19.4. The Labute approximate surface area is 172 Å². The van der Waals surface area contributed by atoms with Gasteiger partial charge in [0.15, 0.2) is 5.65 Å². The number of carbonyl (C=O) groups is 1. The van der Waals surface area contributed by atoms with E-state index in [4.69, 9.17) is 0 Å². The van der Waals surface area contributed by atoms with Gasteiger partial charge >= 0.3 is 0 Å². The van der Waals surface area contributed by atoms with Crippen LogP contribution in [-0.4, -0.2) is 33.9 Å². The quantitative estimate of drug-likeness (QED) is 0.660. The maximum absolute atomic E-state index is 13.5. The highest BCUT2D eigenvalue weighted by atomic mass is 16.2. The van der Waals surface area contributed by atoms with E-state index in [-0.39, 0.29) is 5.91 Å². The second kappa shape index (κ2) is 8.19. The van der Waals surface area contributed by atoms with Crippen LogP contribution in [0, 0.1) is 20.8 Å². The molecule has 29 heavy (non-hydrogen) atoms. The third-order valence-corrected chi connectivity index (χ3v) is 5.86. The van der Waals surface area contributed by atoms with Crippen LogP contribution in [0.5, 0.6) is 0 Å². The molecule has 1 aliphatic heterocycles. The van der Waals surface area contributed by atoms with Crippen molar-refractivity contribution in [2.45, 2.75) is 46.5 Å². The van der Waals surface area contributed by atoms with Gasteiger partial charge in [0.05, 0.1) is 11.3 Å². The van der Waals surface area contributed by atoms with Gasteiger partial charge < -0.3 is 10.2 Å².